The Labute approximate surface area is 81.2 Å². The smallest absolute Gasteiger partial charge is 0.00550 e. The molecule has 0 aliphatic rings. The van der Waals surface area contributed by atoms with Crippen molar-refractivity contribution in [2.45, 2.75) is 26.8 Å². The summed E-state index contributed by atoms with van der Waals surface area (Å²) in [6, 6.07) is 8.62. The van der Waals surface area contributed by atoms with E-state index in [0.717, 1.165) is 18.9 Å². The standard InChI is InChI=1S/C12H17N/c1-10(2)8-11-4-6-12(7-5-11)9-13-3/h4-7,10H,3,8-9H2,1-2H3/q-1. The van der Waals surface area contributed by atoms with Gasteiger partial charge in [0.05, 0.1) is 0 Å². The third-order valence-electron chi connectivity index (χ3n) is 1.96. The van der Waals surface area contributed by atoms with Gasteiger partial charge in [-0.05, 0) is 23.5 Å². The molecule has 0 spiro atoms. The van der Waals surface area contributed by atoms with Gasteiger partial charge in [-0.3, -0.25) is 7.05 Å². The van der Waals surface area contributed by atoms with Crippen molar-refractivity contribution in [3.05, 3.63) is 42.4 Å². The lowest BCUT2D eigenvalue weighted by atomic mass is 10.0. The van der Waals surface area contributed by atoms with E-state index in [1.54, 1.807) is 0 Å². The number of nitrogens with zero attached hydrogens (tertiary/aromatic N) is 1. The van der Waals surface area contributed by atoms with E-state index in [4.69, 9.17) is 0 Å². The molecule has 1 aromatic rings. The first kappa shape index (κ1) is 10.3. The maximum absolute atomic E-state index is 3.85. The minimum Gasteiger partial charge on any atom is -0.420 e. The van der Waals surface area contributed by atoms with Gasteiger partial charge in [0.2, 0.25) is 0 Å². The first-order chi connectivity index (χ1) is 6.22. The second-order valence-electron chi connectivity index (χ2n) is 3.80. The van der Waals surface area contributed by atoms with E-state index >= 15 is 0 Å². The lowest BCUT2D eigenvalue weighted by molar-refractivity contribution is 0.647. The summed E-state index contributed by atoms with van der Waals surface area (Å²) in [4.78, 5) is 0. The van der Waals surface area contributed by atoms with E-state index in [1.165, 1.54) is 11.1 Å². The Kier molecular flexibility index (Phi) is 3.97. The van der Waals surface area contributed by atoms with Crippen LogP contribution in [-0.2, 0) is 13.0 Å². The van der Waals surface area contributed by atoms with Crippen LogP contribution >= 0.6 is 0 Å². The molecule has 0 N–H and O–H groups in total. The van der Waals surface area contributed by atoms with Crippen molar-refractivity contribution in [3.8, 4) is 0 Å². The number of hydrogen-bond donors (Lipinski definition) is 0. The summed E-state index contributed by atoms with van der Waals surface area (Å²) >= 11 is 0. The zero-order valence-electron chi connectivity index (χ0n) is 8.46. The third kappa shape index (κ3) is 3.60. The summed E-state index contributed by atoms with van der Waals surface area (Å²) in [5.41, 5.74) is 2.64. The fraction of sp³-hybridized carbons (Fsp3) is 0.417. The first-order valence-electron chi connectivity index (χ1n) is 4.72. The van der Waals surface area contributed by atoms with Crippen LogP contribution in [0, 0.1) is 13.0 Å². The molecule has 71 valence electrons. The average Bonchev–Trinajstić information content (AvgIpc) is 2.08. The normalized spacial score (nSPS) is 10.8. The predicted octanol–water partition coefficient (Wildman–Crippen LogP) is 2.78. The highest BCUT2D eigenvalue weighted by Crippen LogP contribution is 2.09. The van der Waals surface area contributed by atoms with Gasteiger partial charge in [-0.1, -0.05) is 38.1 Å². The van der Waals surface area contributed by atoms with Crippen LogP contribution in [0.15, 0.2) is 24.3 Å². The lowest BCUT2D eigenvalue weighted by Crippen LogP contribution is -1.97. The fourth-order valence-corrected chi connectivity index (χ4v) is 1.38. The summed E-state index contributed by atoms with van der Waals surface area (Å²) in [5.74, 6) is 0.725. The van der Waals surface area contributed by atoms with Crippen LogP contribution in [-0.4, -0.2) is 0 Å². The topological polar surface area (TPSA) is 14.1 Å². The van der Waals surface area contributed by atoms with Crippen LogP contribution in [0.5, 0.6) is 0 Å². The van der Waals surface area contributed by atoms with E-state index in [1.807, 2.05) is 0 Å². The molecule has 0 atom stereocenters. The average molecular weight is 175 g/mol. The van der Waals surface area contributed by atoms with Gasteiger partial charge in [0.15, 0.2) is 0 Å². The predicted molar refractivity (Wildman–Crippen MR) is 56.2 cm³/mol. The van der Waals surface area contributed by atoms with E-state index < -0.39 is 0 Å². The van der Waals surface area contributed by atoms with Crippen LogP contribution < -0.4 is 5.32 Å². The van der Waals surface area contributed by atoms with E-state index in [9.17, 15) is 0 Å². The van der Waals surface area contributed by atoms with Crippen molar-refractivity contribution >= 4 is 0 Å². The summed E-state index contributed by atoms with van der Waals surface area (Å²) in [7, 11) is 3.48. The molecule has 1 radical (unpaired) electrons. The van der Waals surface area contributed by atoms with Crippen molar-refractivity contribution in [1.82, 2.24) is 5.32 Å². The van der Waals surface area contributed by atoms with Crippen molar-refractivity contribution in [2.24, 2.45) is 5.92 Å². The van der Waals surface area contributed by atoms with Gasteiger partial charge >= 0.3 is 0 Å². The minimum atomic E-state index is 0.724. The minimum absolute atomic E-state index is 0.724. The van der Waals surface area contributed by atoms with Crippen molar-refractivity contribution < 1.29 is 0 Å². The molecule has 0 heterocycles. The summed E-state index contributed by atoms with van der Waals surface area (Å²) in [5, 5.41) is 3.85. The van der Waals surface area contributed by atoms with Gasteiger partial charge in [0.1, 0.15) is 0 Å². The second kappa shape index (κ2) is 5.03. The Morgan fingerprint density at radius 1 is 1.15 bits per heavy atom. The quantitative estimate of drug-likeness (QED) is 0.625. The van der Waals surface area contributed by atoms with Gasteiger partial charge in [-0.15, -0.1) is 0 Å². The van der Waals surface area contributed by atoms with Crippen LogP contribution in [0.3, 0.4) is 0 Å². The Morgan fingerprint density at radius 2 is 1.69 bits per heavy atom. The fourth-order valence-electron chi connectivity index (χ4n) is 1.38. The Balaban J connectivity index is 2.59. The highest BCUT2D eigenvalue weighted by Gasteiger charge is 1.96. The van der Waals surface area contributed by atoms with E-state index in [2.05, 4.69) is 50.5 Å². The maximum atomic E-state index is 3.85. The third-order valence-corrected chi connectivity index (χ3v) is 1.96. The van der Waals surface area contributed by atoms with Gasteiger partial charge < -0.3 is 5.32 Å². The van der Waals surface area contributed by atoms with Gasteiger partial charge in [0.25, 0.3) is 0 Å². The van der Waals surface area contributed by atoms with E-state index in [0.29, 0.717) is 0 Å². The van der Waals surface area contributed by atoms with Crippen LogP contribution in [0.1, 0.15) is 25.0 Å². The number of benzene rings is 1. The van der Waals surface area contributed by atoms with Gasteiger partial charge in [-0.25, -0.2) is 0 Å². The second-order valence-corrected chi connectivity index (χ2v) is 3.80. The molecule has 0 unspecified atom stereocenters. The van der Waals surface area contributed by atoms with E-state index in [-0.39, 0.29) is 0 Å². The van der Waals surface area contributed by atoms with Crippen molar-refractivity contribution in [2.75, 3.05) is 0 Å². The lowest BCUT2D eigenvalue weighted by Gasteiger charge is -2.06. The number of hydrogen-bond acceptors (Lipinski definition) is 0. The zero-order valence-corrected chi connectivity index (χ0v) is 8.46. The highest BCUT2D eigenvalue weighted by atomic mass is 14.8. The zero-order chi connectivity index (χ0) is 9.68. The SMILES string of the molecule is [CH2-][N]Cc1ccc(CC(C)C)cc1. The van der Waals surface area contributed by atoms with Gasteiger partial charge in [0, 0.05) is 6.54 Å². The van der Waals surface area contributed by atoms with Crippen molar-refractivity contribution in [3.63, 3.8) is 0 Å². The Morgan fingerprint density at radius 3 is 2.15 bits per heavy atom. The monoisotopic (exact) mass is 175 g/mol. The maximum Gasteiger partial charge on any atom is 0.00550 e. The van der Waals surface area contributed by atoms with Crippen LogP contribution in [0.25, 0.3) is 0 Å². The molecule has 0 saturated heterocycles. The molecule has 0 saturated carbocycles. The molecular weight excluding hydrogens is 158 g/mol. The molecular formula is C12H17N-. The van der Waals surface area contributed by atoms with Crippen LogP contribution in [0.2, 0.25) is 0 Å². The molecule has 0 aliphatic heterocycles. The number of rotatable bonds is 4. The first-order valence-corrected chi connectivity index (χ1v) is 4.72. The molecule has 1 heteroatoms. The molecule has 0 bridgehead atoms. The largest absolute Gasteiger partial charge is 0.420 e. The molecule has 1 aromatic carbocycles. The molecule has 0 fully saturated rings. The molecule has 0 aliphatic carbocycles. The summed E-state index contributed by atoms with van der Waals surface area (Å²) in [6.07, 6.45) is 1.15. The Hall–Kier alpha value is -0.820. The molecule has 1 nitrogen and oxygen atoms in total. The highest BCUT2D eigenvalue weighted by molar-refractivity contribution is 5.22. The van der Waals surface area contributed by atoms with Crippen LogP contribution in [0.4, 0.5) is 0 Å². The Bertz CT molecular complexity index is 236. The van der Waals surface area contributed by atoms with Gasteiger partial charge in [-0.2, -0.15) is 0 Å². The molecule has 1 rings (SSSR count). The molecule has 0 aromatic heterocycles. The molecule has 13 heavy (non-hydrogen) atoms. The summed E-state index contributed by atoms with van der Waals surface area (Å²) < 4.78 is 0. The summed E-state index contributed by atoms with van der Waals surface area (Å²) in [6.45, 7) is 5.19. The van der Waals surface area contributed by atoms with Crippen molar-refractivity contribution in [1.29, 1.82) is 0 Å². The molecule has 0 amide bonds.